The van der Waals surface area contributed by atoms with Gasteiger partial charge in [-0.25, -0.2) is 4.79 Å². The van der Waals surface area contributed by atoms with E-state index in [2.05, 4.69) is 20.5 Å². The zero-order valence-corrected chi connectivity index (χ0v) is 10.1. The van der Waals surface area contributed by atoms with Crippen molar-refractivity contribution in [3.05, 3.63) is 34.6 Å². The van der Waals surface area contributed by atoms with Crippen molar-refractivity contribution in [1.82, 2.24) is 15.2 Å². The van der Waals surface area contributed by atoms with E-state index >= 15 is 0 Å². The number of benzene rings is 1. The average molecular weight is 282 g/mol. The van der Waals surface area contributed by atoms with E-state index in [1.54, 1.807) is 0 Å². The van der Waals surface area contributed by atoms with Crippen LogP contribution in [-0.2, 0) is 0 Å². The van der Waals surface area contributed by atoms with Gasteiger partial charge in [0.2, 0.25) is 11.8 Å². The summed E-state index contributed by atoms with van der Waals surface area (Å²) >= 11 is 5.71. The van der Waals surface area contributed by atoms with Crippen molar-refractivity contribution >= 4 is 35.1 Å². The smallest absolute Gasteiger partial charge is 0.337 e. The Kier molecular flexibility index (Phi) is 3.34. The third-order valence-electron chi connectivity index (χ3n) is 2.17. The Morgan fingerprint density at radius 2 is 2.16 bits per heavy atom. The van der Waals surface area contributed by atoms with Crippen LogP contribution in [-0.4, -0.2) is 32.2 Å². The fourth-order valence-electron chi connectivity index (χ4n) is 1.33. The van der Waals surface area contributed by atoms with Gasteiger partial charge in [-0.15, -0.1) is 5.10 Å². The summed E-state index contributed by atoms with van der Waals surface area (Å²) in [5.41, 5.74) is 5.42. The number of halogens is 1. The monoisotopic (exact) mass is 281 g/mol. The average Bonchev–Trinajstić information content (AvgIpc) is 2.78. The Hall–Kier alpha value is -2.61. The lowest BCUT2D eigenvalue weighted by molar-refractivity contribution is 0.0696. The summed E-state index contributed by atoms with van der Waals surface area (Å²) in [6, 6.07) is 4.07. The minimum Gasteiger partial charge on any atom is -0.478 e. The van der Waals surface area contributed by atoms with E-state index in [1.165, 1.54) is 18.2 Å². The summed E-state index contributed by atoms with van der Waals surface area (Å²) in [5, 5.41) is 17.3. The fraction of sp³-hybridized carbons (Fsp3) is 0. The second kappa shape index (κ2) is 4.94. The van der Waals surface area contributed by atoms with Crippen LogP contribution < -0.4 is 11.1 Å². The number of nitrogens with one attached hydrogen (secondary N) is 2. The molecule has 9 heteroatoms. The van der Waals surface area contributed by atoms with Crippen molar-refractivity contribution in [3.8, 4) is 0 Å². The number of hydrogen-bond donors (Lipinski definition) is 4. The molecule has 1 aromatic heterocycles. The number of H-pyrrole nitrogens is 1. The van der Waals surface area contributed by atoms with Crippen LogP contribution in [0.3, 0.4) is 0 Å². The van der Waals surface area contributed by atoms with Gasteiger partial charge in [-0.2, -0.15) is 4.98 Å². The molecule has 0 bridgehead atoms. The minimum atomic E-state index is -1.19. The molecular weight excluding hydrogens is 274 g/mol. The van der Waals surface area contributed by atoms with E-state index < -0.39 is 11.9 Å². The largest absolute Gasteiger partial charge is 0.478 e. The zero-order valence-electron chi connectivity index (χ0n) is 9.35. The SMILES string of the molecule is Nc1n[nH]c(C(=O)Nc2ccc(Cl)c(C(=O)O)c2)n1. The third kappa shape index (κ3) is 2.80. The maximum Gasteiger partial charge on any atom is 0.337 e. The standard InChI is InChI=1S/C10H8ClN5O3/c11-6-2-1-4(3-5(6)9(18)19)13-8(17)7-14-10(12)16-15-7/h1-3H,(H,13,17)(H,18,19)(H3,12,14,15,16). The van der Waals surface area contributed by atoms with Gasteiger partial charge in [0.05, 0.1) is 10.6 Å². The number of anilines is 2. The number of hydrogen-bond acceptors (Lipinski definition) is 5. The molecule has 1 aromatic carbocycles. The quantitative estimate of drug-likeness (QED) is 0.663. The molecule has 0 aliphatic rings. The molecule has 1 heterocycles. The van der Waals surface area contributed by atoms with E-state index in [1.807, 2.05) is 0 Å². The molecule has 2 aromatic rings. The number of aromatic carboxylic acids is 1. The van der Waals surface area contributed by atoms with Gasteiger partial charge in [0.15, 0.2) is 0 Å². The first-order valence-electron chi connectivity index (χ1n) is 4.99. The van der Waals surface area contributed by atoms with Crippen LogP contribution in [0.25, 0.3) is 0 Å². The highest BCUT2D eigenvalue weighted by molar-refractivity contribution is 6.33. The number of nitrogen functional groups attached to an aromatic ring is 1. The number of rotatable bonds is 3. The summed E-state index contributed by atoms with van der Waals surface area (Å²) in [6.07, 6.45) is 0. The highest BCUT2D eigenvalue weighted by atomic mass is 35.5. The zero-order chi connectivity index (χ0) is 14.0. The van der Waals surface area contributed by atoms with Crippen molar-refractivity contribution in [2.75, 3.05) is 11.1 Å². The van der Waals surface area contributed by atoms with Gasteiger partial charge in [0.1, 0.15) is 0 Å². The molecule has 0 spiro atoms. The lowest BCUT2D eigenvalue weighted by Gasteiger charge is -2.05. The van der Waals surface area contributed by atoms with Crippen LogP contribution in [0.4, 0.5) is 11.6 Å². The van der Waals surface area contributed by atoms with Crippen LogP contribution in [0.1, 0.15) is 21.0 Å². The maximum atomic E-state index is 11.7. The molecular formula is C10H8ClN5O3. The Bertz CT molecular complexity index is 654. The molecule has 0 unspecified atom stereocenters. The topological polar surface area (TPSA) is 134 Å². The van der Waals surface area contributed by atoms with E-state index in [9.17, 15) is 9.59 Å². The number of carbonyl (C=O) groups excluding carboxylic acids is 1. The third-order valence-corrected chi connectivity index (χ3v) is 2.50. The predicted molar refractivity (Wildman–Crippen MR) is 67.2 cm³/mol. The first-order valence-corrected chi connectivity index (χ1v) is 5.37. The second-order valence-electron chi connectivity index (χ2n) is 3.50. The van der Waals surface area contributed by atoms with Crippen molar-refractivity contribution in [2.24, 2.45) is 0 Å². The predicted octanol–water partition coefficient (Wildman–Crippen LogP) is 0.991. The first kappa shape index (κ1) is 12.8. The summed E-state index contributed by atoms with van der Waals surface area (Å²) in [7, 11) is 0. The van der Waals surface area contributed by atoms with Crippen LogP contribution in [0, 0.1) is 0 Å². The fourth-order valence-corrected chi connectivity index (χ4v) is 1.53. The molecule has 8 nitrogen and oxygen atoms in total. The van der Waals surface area contributed by atoms with Gasteiger partial charge in [-0.05, 0) is 18.2 Å². The Morgan fingerprint density at radius 3 is 2.74 bits per heavy atom. The molecule has 19 heavy (non-hydrogen) atoms. The second-order valence-corrected chi connectivity index (χ2v) is 3.90. The molecule has 0 radical (unpaired) electrons. The van der Waals surface area contributed by atoms with Crippen molar-refractivity contribution in [2.45, 2.75) is 0 Å². The summed E-state index contributed by atoms with van der Waals surface area (Å²) in [4.78, 5) is 26.2. The summed E-state index contributed by atoms with van der Waals surface area (Å²) in [5.74, 6) is -1.93. The lowest BCUT2D eigenvalue weighted by atomic mass is 10.2. The number of nitrogens with zero attached hydrogens (tertiary/aromatic N) is 2. The van der Waals surface area contributed by atoms with Crippen LogP contribution >= 0.6 is 11.6 Å². The number of aromatic amines is 1. The normalized spacial score (nSPS) is 10.2. The highest BCUT2D eigenvalue weighted by Crippen LogP contribution is 2.20. The number of aromatic nitrogens is 3. The molecule has 0 fully saturated rings. The van der Waals surface area contributed by atoms with E-state index in [4.69, 9.17) is 22.4 Å². The highest BCUT2D eigenvalue weighted by Gasteiger charge is 2.14. The van der Waals surface area contributed by atoms with Gasteiger partial charge < -0.3 is 16.2 Å². The van der Waals surface area contributed by atoms with Crippen LogP contribution in [0.5, 0.6) is 0 Å². The molecule has 98 valence electrons. The number of nitrogens with two attached hydrogens (primary N) is 1. The van der Waals surface area contributed by atoms with Gasteiger partial charge in [-0.1, -0.05) is 11.6 Å². The van der Waals surface area contributed by atoms with Crippen LogP contribution in [0.15, 0.2) is 18.2 Å². The van der Waals surface area contributed by atoms with Crippen molar-refractivity contribution < 1.29 is 14.7 Å². The van der Waals surface area contributed by atoms with Crippen molar-refractivity contribution in [1.29, 1.82) is 0 Å². The molecule has 0 aliphatic carbocycles. The Morgan fingerprint density at radius 1 is 1.42 bits per heavy atom. The summed E-state index contributed by atoms with van der Waals surface area (Å²) < 4.78 is 0. The maximum absolute atomic E-state index is 11.7. The van der Waals surface area contributed by atoms with Gasteiger partial charge >= 0.3 is 5.97 Å². The first-order chi connectivity index (χ1) is 8.97. The van der Waals surface area contributed by atoms with E-state index in [0.717, 1.165) is 0 Å². The van der Waals surface area contributed by atoms with Crippen LogP contribution in [0.2, 0.25) is 5.02 Å². The summed E-state index contributed by atoms with van der Waals surface area (Å²) in [6.45, 7) is 0. The molecule has 1 amide bonds. The number of carbonyl (C=O) groups is 2. The van der Waals surface area contributed by atoms with Gasteiger partial charge in [0, 0.05) is 5.69 Å². The Balaban J connectivity index is 2.22. The number of amides is 1. The van der Waals surface area contributed by atoms with Crippen molar-refractivity contribution in [3.63, 3.8) is 0 Å². The molecule has 2 rings (SSSR count). The van der Waals surface area contributed by atoms with Gasteiger partial charge in [0.25, 0.3) is 5.91 Å². The number of carboxylic acid groups (broad SMARTS) is 1. The van der Waals surface area contributed by atoms with E-state index in [0.29, 0.717) is 0 Å². The Labute approximate surface area is 111 Å². The van der Waals surface area contributed by atoms with Gasteiger partial charge in [-0.3, -0.25) is 9.89 Å². The lowest BCUT2D eigenvalue weighted by Crippen LogP contribution is -2.14. The van der Waals surface area contributed by atoms with E-state index in [-0.39, 0.29) is 28.0 Å². The number of carboxylic acids is 1. The molecule has 0 atom stereocenters. The molecule has 0 saturated heterocycles. The molecule has 0 aliphatic heterocycles. The minimum absolute atomic E-state index is 0.0625. The molecule has 0 saturated carbocycles. The molecule has 5 N–H and O–H groups in total.